The molecule has 0 heterocycles. The van der Waals surface area contributed by atoms with E-state index in [9.17, 15) is 4.79 Å². The van der Waals surface area contributed by atoms with E-state index in [2.05, 4.69) is 5.32 Å². The molecule has 0 saturated heterocycles. The molecule has 146 valence electrons. The highest BCUT2D eigenvalue weighted by molar-refractivity contribution is 6.32. The number of halogens is 1. The summed E-state index contributed by atoms with van der Waals surface area (Å²) in [5, 5.41) is 3.39. The summed E-state index contributed by atoms with van der Waals surface area (Å²) in [7, 11) is 0. The lowest BCUT2D eigenvalue weighted by Crippen LogP contribution is -2.35. The number of carbonyl (C=O) groups is 1. The third-order valence-corrected chi connectivity index (χ3v) is 4.18. The first-order chi connectivity index (χ1) is 13.2. The van der Waals surface area contributed by atoms with Gasteiger partial charge in [-0.25, -0.2) is 4.79 Å². The SMILES string of the molecule is CCCN(Cc1ccccc1)C(=O)Nc1cccc(Cl)c1OCCOCC. The van der Waals surface area contributed by atoms with Gasteiger partial charge in [-0.05, 0) is 31.0 Å². The molecule has 2 amide bonds. The van der Waals surface area contributed by atoms with Crippen molar-refractivity contribution in [3.05, 3.63) is 59.1 Å². The highest BCUT2D eigenvalue weighted by Gasteiger charge is 2.17. The molecule has 0 saturated carbocycles. The maximum atomic E-state index is 12.8. The van der Waals surface area contributed by atoms with E-state index in [0.717, 1.165) is 12.0 Å². The molecule has 27 heavy (non-hydrogen) atoms. The minimum Gasteiger partial charge on any atom is -0.487 e. The van der Waals surface area contributed by atoms with Gasteiger partial charge < -0.3 is 19.7 Å². The Morgan fingerprint density at radius 3 is 2.56 bits per heavy atom. The fourth-order valence-corrected chi connectivity index (χ4v) is 2.85. The number of nitrogens with one attached hydrogen (secondary N) is 1. The van der Waals surface area contributed by atoms with Crippen LogP contribution < -0.4 is 10.1 Å². The summed E-state index contributed by atoms with van der Waals surface area (Å²) >= 11 is 6.27. The van der Waals surface area contributed by atoms with Crippen LogP contribution in [0.2, 0.25) is 5.02 Å². The van der Waals surface area contributed by atoms with E-state index in [1.54, 1.807) is 23.1 Å². The summed E-state index contributed by atoms with van der Waals surface area (Å²) in [4.78, 5) is 14.6. The monoisotopic (exact) mass is 390 g/mol. The van der Waals surface area contributed by atoms with Gasteiger partial charge in [-0.1, -0.05) is 54.9 Å². The molecule has 0 aliphatic carbocycles. The topological polar surface area (TPSA) is 50.8 Å². The van der Waals surface area contributed by atoms with Crippen molar-refractivity contribution in [3.63, 3.8) is 0 Å². The number of benzene rings is 2. The molecular formula is C21H27ClN2O3. The molecular weight excluding hydrogens is 364 g/mol. The number of nitrogens with zero attached hydrogens (tertiary/aromatic N) is 1. The third-order valence-electron chi connectivity index (χ3n) is 3.88. The zero-order valence-corrected chi connectivity index (χ0v) is 16.7. The van der Waals surface area contributed by atoms with E-state index >= 15 is 0 Å². The van der Waals surface area contributed by atoms with Crippen molar-refractivity contribution >= 4 is 23.3 Å². The van der Waals surface area contributed by atoms with Crippen molar-refractivity contribution in [3.8, 4) is 5.75 Å². The van der Waals surface area contributed by atoms with Crippen molar-refractivity contribution < 1.29 is 14.3 Å². The Balaban J connectivity index is 2.08. The van der Waals surface area contributed by atoms with Crippen LogP contribution in [-0.4, -0.2) is 37.3 Å². The average molecular weight is 391 g/mol. The molecule has 0 atom stereocenters. The second kappa shape index (κ2) is 11.5. The Hall–Kier alpha value is -2.24. The molecule has 0 aliphatic heterocycles. The minimum absolute atomic E-state index is 0.183. The number of hydrogen-bond donors (Lipinski definition) is 1. The molecule has 1 N–H and O–H groups in total. The van der Waals surface area contributed by atoms with Crippen LogP contribution in [0.25, 0.3) is 0 Å². The van der Waals surface area contributed by atoms with Crippen LogP contribution in [0.5, 0.6) is 5.75 Å². The molecule has 0 bridgehead atoms. The number of rotatable bonds is 10. The summed E-state index contributed by atoms with van der Waals surface area (Å²) < 4.78 is 11.0. The second-order valence-corrected chi connectivity index (χ2v) is 6.41. The van der Waals surface area contributed by atoms with Crippen LogP contribution in [0.4, 0.5) is 10.5 Å². The summed E-state index contributed by atoms with van der Waals surface area (Å²) in [5.41, 5.74) is 1.64. The maximum absolute atomic E-state index is 12.8. The Morgan fingerprint density at radius 2 is 1.85 bits per heavy atom. The predicted molar refractivity (Wildman–Crippen MR) is 110 cm³/mol. The first-order valence-corrected chi connectivity index (χ1v) is 9.62. The van der Waals surface area contributed by atoms with Gasteiger partial charge in [0.15, 0.2) is 5.75 Å². The van der Waals surface area contributed by atoms with Gasteiger partial charge in [-0.15, -0.1) is 0 Å². The number of carbonyl (C=O) groups excluding carboxylic acids is 1. The molecule has 0 aromatic heterocycles. The summed E-state index contributed by atoms with van der Waals surface area (Å²) in [6.45, 7) is 6.63. The van der Waals surface area contributed by atoms with E-state index in [4.69, 9.17) is 21.1 Å². The normalized spacial score (nSPS) is 10.5. The summed E-state index contributed by atoms with van der Waals surface area (Å²) in [5.74, 6) is 0.461. The van der Waals surface area contributed by atoms with Gasteiger partial charge in [-0.2, -0.15) is 0 Å². The number of anilines is 1. The van der Waals surface area contributed by atoms with E-state index < -0.39 is 0 Å². The Kier molecular flexibility index (Phi) is 8.95. The van der Waals surface area contributed by atoms with E-state index in [1.807, 2.05) is 44.2 Å². The lowest BCUT2D eigenvalue weighted by molar-refractivity contribution is 0.110. The minimum atomic E-state index is -0.183. The van der Waals surface area contributed by atoms with E-state index in [1.165, 1.54) is 0 Å². The molecule has 0 fully saturated rings. The fraction of sp³-hybridized carbons (Fsp3) is 0.381. The van der Waals surface area contributed by atoms with Crippen molar-refractivity contribution in [2.45, 2.75) is 26.8 Å². The lowest BCUT2D eigenvalue weighted by atomic mass is 10.2. The molecule has 0 aliphatic rings. The standard InChI is InChI=1S/C21H27ClN2O3/c1-3-13-24(16-17-9-6-5-7-10-17)21(25)23-19-12-8-11-18(22)20(19)27-15-14-26-4-2/h5-12H,3-4,13-16H2,1-2H3,(H,23,25). The van der Waals surface area contributed by atoms with Crippen LogP contribution in [0.3, 0.4) is 0 Å². The number of para-hydroxylation sites is 1. The maximum Gasteiger partial charge on any atom is 0.322 e. The van der Waals surface area contributed by atoms with Crippen LogP contribution in [0, 0.1) is 0 Å². The van der Waals surface area contributed by atoms with Crippen molar-refractivity contribution in [1.29, 1.82) is 0 Å². The molecule has 2 aromatic rings. The first-order valence-electron chi connectivity index (χ1n) is 9.24. The lowest BCUT2D eigenvalue weighted by Gasteiger charge is -2.23. The molecule has 0 spiro atoms. The van der Waals surface area contributed by atoms with Gasteiger partial charge >= 0.3 is 6.03 Å². The van der Waals surface area contributed by atoms with Crippen molar-refractivity contribution in [1.82, 2.24) is 4.90 Å². The number of ether oxygens (including phenoxy) is 2. The van der Waals surface area contributed by atoms with E-state index in [0.29, 0.717) is 49.4 Å². The Morgan fingerprint density at radius 1 is 1.07 bits per heavy atom. The summed E-state index contributed by atoms with van der Waals surface area (Å²) in [6, 6.07) is 15.1. The van der Waals surface area contributed by atoms with Crippen LogP contribution in [0.15, 0.2) is 48.5 Å². The van der Waals surface area contributed by atoms with Crippen molar-refractivity contribution in [2.24, 2.45) is 0 Å². The van der Waals surface area contributed by atoms with Crippen LogP contribution in [-0.2, 0) is 11.3 Å². The van der Waals surface area contributed by atoms with Gasteiger partial charge in [0.25, 0.3) is 0 Å². The van der Waals surface area contributed by atoms with Gasteiger partial charge in [-0.3, -0.25) is 0 Å². The third kappa shape index (κ3) is 6.77. The number of amides is 2. The highest BCUT2D eigenvalue weighted by Crippen LogP contribution is 2.33. The van der Waals surface area contributed by atoms with E-state index in [-0.39, 0.29) is 6.03 Å². The zero-order valence-electron chi connectivity index (χ0n) is 15.9. The van der Waals surface area contributed by atoms with Crippen LogP contribution in [0.1, 0.15) is 25.8 Å². The van der Waals surface area contributed by atoms with Gasteiger partial charge in [0.05, 0.1) is 17.3 Å². The zero-order chi connectivity index (χ0) is 19.5. The van der Waals surface area contributed by atoms with Gasteiger partial charge in [0.1, 0.15) is 6.61 Å². The Bertz CT molecular complexity index is 710. The summed E-state index contributed by atoms with van der Waals surface area (Å²) in [6.07, 6.45) is 0.869. The van der Waals surface area contributed by atoms with Crippen molar-refractivity contribution in [2.75, 3.05) is 31.7 Å². The molecule has 5 nitrogen and oxygen atoms in total. The first kappa shape index (κ1) is 21.1. The number of hydrogen-bond acceptors (Lipinski definition) is 3. The smallest absolute Gasteiger partial charge is 0.322 e. The molecule has 0 unspecified atom stereocenters. The predicted octanol–water partition coefficient (Wildman–Crippen LogP) is 5.20. The fourth-order valence-electron chi connectivity index (χ4n) is 2.62. The molecule has 0 radical (unpaired) electrons. The largest absolute Gasteiger partial charge is 0.487 e. The Labute approximate surface area is 166 Å². The van der Waals surface area contributed by atoms with Gasteiger partial charge in [0, 0.05) is 19.7 Å². The molecule has 6 heteroatoms. The second-order valence-electron chi connectivity index (χ2n) is 6.00. The van der Waals surface area contributed by atoms with Gasteiger partial charge in [0.2, 0.25) is 0 Å². The molecule has 2 aromatic carbocycles. The average Bonchev–Trinajstić information content (AvgIpc) is 2.67. The number of urea groups is 1. The quantitative estimate of drug-likeness (QED) is 0.567. The highest BCUT2D eigenvalue weighted by atomic mass is 35.5. The molecule has 2 rings (SSSR count). The van der Waals surface area contributed by atoms with Crippen LogP contribution >= 0.6 is 11.6 Å².